The van der Waals surface area contributed by atoms with Crippen molar-refractivity contribution in [3.8, 4) is 0 Å². The van der Waals surface area contributed by atoms with Crippen LogP contribution in [-0.4, -0.2) is 34.6 Å². The Labute approximate surface area is 48.7 Å². The normalized spacial score (nSPS) is 7.00. The van der Waals surface area contributed by atoms with Gasteiger partial charge in [-0.2, -0.15) is 0 Å². The Hall–Kier alpha value is 0.325. The van der Waals surface area contributed by atoms with Gasteiger partial charge < -0.3 is 0 Å². The molecule has 5 heteroatoms. The SMILES string of the molecule is BB=BB=BCC. The van der Waals surface area contributed by atoms with E-state index in [1.54, 1.807) is 0 Å². The molecule has 0 atom stereocenters. The third kappa shape index (κ3) is 6.32. The third-order valence-corrected chi connectivity index (χ3v) is 0.675. The van der Waals surface area contributed by atoms with Gasteiger partial charge in [0.1, 0.15) is 0 Å². The van der Waals surface area contributed by atoms with E-state index >= 15 is 0 Å². The molecule has 0 saturated carbocycles. The first-order valence-corrected chi connectivity index (χ1v) is 2.69. The predicted octanol–water partition coefficient (Wildman–Crippen LogP) is -1.47. The molecule has 0 aliphatic carbocycles. The van der Waals surface area contributed by atoms with Crippen molar-refractivity contribution in [1.29, 1.82) is 0 Å². The van der Waals surface area contributed by atoms with Gasteiger partial charge in [0.05, 0.1) is 0 Å². The van der Waals surface area contributed by atoms with Gasteiger partial charge in [-0.25, -0.2) is 0 Å². The molecule has 0 fully saturated rings. The molecule has 0 unspecified atom stereocenters. The molecule has 0 aliphatic rings. The summed E-state index contributed by atoms with van der Waals surface area (Å²) < 4.78 is 0. The Bertz CT molecular complexity index is 74.1. The van der Waals surface area contributed by atoms with Crippen LogP contribution in [-0.2, 0) is 0 Å². The molecule has 0 saturated heterocycles. The summed E-state index contributed by atoms with van der Waals surface area (Å²) in [6.45, 7) is 10.4. The van der Waals surface area contributed by atoms with Crippen LogP contribution in [0.3, 0.4) is 0 Å². The monoisotopic (exact) mass is 86.1 g/mol. The summed E-state index contributed by atoms with van der Waals surface area (Å²) in [6, 6.07) is 0. The van der Waals surface area contributed by atoms with Crippen molar-refractivity contribution < 1.29 is 0 Å². The van der Waals surface area contributed by atoms with Crippen molar-refractivity contribution in [3.63, 3.8) is 0 Å². The minimum absolute atomic E-state index is 1.13. The van der Waals surface area contributed by atoms with Crippen LogP contribution in [0.5, 0.6) is 0 Å². The van der Waals surface area contributed by atoms with Crippen molar-refractivity contribution in [1.82, 2.24) is 0 Å². The molecular formula is C2H7B5. The van der Waals surface area contributed by atoms with Gasteiger partial charge in [0.25, 0.3) is 0 Å². The Morgan fingerprint density at radius 2 is 2.14 bits per heavy atom. The zero-order valence-electron chi connectivity index (χ0n) is 5.02. The number of rotatable bonds is 2. The fraction of sp³-hybridized carbons (Fsp3) is 1.00. The molecule has 0 heterocycles. The van der Waals surface area contributed by atoms with E-state index in [0.717, 1.165) is 6.32 Å². The van der Waals surface area contributed by atoms with E-state index in [1.165, 1.54) is 0 Å². The average molecular weight is 85.1 g/mol. The molecule has 0 aliphatic heterocycles. The van der Waals surface area contributed by atoms with Crippen molar-refractivity contribution in [2.75, 3.05) is 0 Å². The zero-order valence-corrected chi connectivity index (χ0v) is 5.02. The van der Waals surface area contributed by atoms with Crippen molar-refractivity contribution in [3.05, 3.63) is 0 Å². The first kappa shape index (κ1) is 7.32. The summed E-state index contributed by atoms with van der Waals surface area (Å²) in [6.07, 6.45) is 1.13. The van der Waals surface area contributed by atoms with Gasteiger partial charge >= 0.3 is 47.9 Å². The zero-order chi connectivity index (χ0) is 5.54. The molecule has 7 heavy (non-hydrogen) atoms. The first-order chi connectivity index (χ1) is 3.41. The fourth-order valence-corrected chi connectivity index (χ4v) is 0.326. The van der Waals surface area contributed by atoms with Gasteiger partial charge in [-0.15, -0.1) is 0 Å². The van der Waals surface area contributed by atoms with Gasteiger partial charge in [0.15, 0.2) is 0 Å². The van der Waals surface area contributed by atoms with E-state index in [9.17, 15) is 0 Å². The second-order valence-corrected chi connectivity index (χ2v) is 1.36. The van der Waals surface area contributed by atoms with E-state index in [-0.39, 0.29) is 0 Å². The molecule has 0 amide bonds. The second-order valence-electron chi connectivity index (χ2n) is 1.36. The molecule has 0 radical (unpaired) electrons. The van der Waals surface area contributed by atoms with Crippen LogP contribution in [0.2, 0.25) is 6.32 Å². The average Bonchev–Trinajstić information content (AvgIpc) is 1.69. The van der Waals surface area contributed by atoms with Crippen molar-refractivity contribution in [2.24, 2.45) is 0 Å². The van der Waals surface area contributed by atoms with Crippen LogP contribution >= 0.6 is 0 Å². The van der Waals surface area contributed by atoms with Crippen molar-refractivity contribution >= 4 is 34.6 Å². The third-order valence-electron chi connectivity index (χ3n) is 0.675. The summed E-state index contributed by atoms with van der Waals surface area (Å²) >= 11 is 0. The summed E-state index contributed by atoms with van der Waals surface area (Å²) in [7, 11) is 2.01. The molecule has 0 nitrogen and oxygen atoms in total. The maximum atomic E-state index is 2.12. The van der Waals surface area contributed by atoms with Gasteiger partial charge in [0, 0.05) is 0 Å². The van der Waals surface area contributed by atoms with Crippen molar-refractivity contribution in [2.45, 2.75) is 13.2 Å². The van der Waals surface area contributed by atoms with Crippen LogP contribution in [0.15, 0.2) is 0 Å². The van der Waals surface area contributed by atoms with Crippen LogP contribution in [0.4, 0.5) is 0 Å². The quantitative estimate of drug-likeness (QED) is 0.359. The molecule has 0 aromatic heterocycles. The molecule has 0 N–H and O–H groups in total. The number of hydrogen-bond acceptors (Lipinski definition) is 0. The summed E-state index contributed by atoms with van der Waals surface area (Å²) in [5, 5.41) is 0. The minimum atomic E-state index is 1.13. The van der Waals surface area contributed by atoms with Gasteiger partial charge in [-0.1, -0.05) is 0 Å². The molecule has 30 valence electrons. The number of hydrogen-bond donors (Lipinski definition) is 0. The Morgan fingerprint density at radius 1 is 1.43 bits per heavy atom. The van der Waals surface area contributed by atoms with E-state index in [2.05, 4.69) is 20.4 Å². The summed E-state index contributed by atoms with van der Waals surface area (Å²) in [5.41, 5.74) is 0. The van der Waals surface area contributed by atoms with E-state index < -0.39 is 0 Å². The standard InChI is InChI=1S/C2H7B5/c1-2-4-6-7-5-3/h2-3H2,1H3. The van der Waals surface area contributed by atoms with Crippen LogP contribution in [0, 0.1) is 0 Å². The second kappa shape index (κ2) is 6.32. The molecule has 0 spiro atoms. The van der Waals surface area contributed by atoms with Crippen LogP contribution in [0.25, 0.3) is 0 Å². The molecule has 0 aromatic rings. The molecule has 0 aromatic carbocycles. The fourth-order valence-electron chi connectivity index (χ4n) is 0.326. The van der Waals surface area contributed by atoms with E-state index in [0.29, 0.717) is 0 Å². The predicted molar refractivity (Wildman–Crippen MR) is 42.0 cm³/mol. The summed E-state index contributed by atoms with van der Waals surface area (Å²) in [4.78, 5) is 0. The summed E-state index contributed by atoms with van der Waals surface area (Å²) in [5.74, 6) is 0. The van der Waals surface area contributed by atoms with Gasteiger partial charge in [-0.05, 0) is 0 Å². The van der Waals surface area contributed by atoms with E-state index in [4.69, 9.17) is 0 Å². The Balaban J connectivity index is 3.09. The molecule has 0 bridgehead atoms. The van der Waals surface area contributed by atoms with Crippen LogP contribution in [0.1, 0.15) is 6.92 Å². The van der Waals surface area contributed by atoms with Gasteiger partial charge in [-0.3, -0.25) is 0 Å². The maximum absolute atomic E-state index is 2.12. The van der Waals surface area contributed by atoms with Gasteiger partial charge in [0.2, 0.25) is 0 Å². The Morgan fingerprint density at radius 3 is 2.57 bits per heavy atom. The van der Waals surface area contributed by atoms with E-state index in [1.807, 2.05) is 21.1 Å². The Kier molecular flexibility index (Phi) is 6.62. The molecular weight excluding hydrogens is 78.1 g/mol. The first-order valence-electron chi connectivity index (χ1n) is 2.69. The van der Waals surface area contributed by atoms with Crippen LogP contribution < -0.4 is 0 Å². The molecule has 0 rings (SSSR count). The topological polar surface area (TPSA) is 0 Å².